The molecule has 0 bridgehead atoms. The number of para-hydroxylation sites is 2. The average molecular weight is 328 g/mol. The van der Waals surface area contributed by atoms with E-state index in [4.69, 9.17) is 0 Å². The second-order valence-corrected chi connectivity index (χ2v) is 5.84. The highest BCUT2D eigenvalue weighted by Crippen LogP contribution is 2.25. The fourth-order valence-corrected chi connectivity index (χ4v) is 3.11. The Kier molecular flexibility index (Phi) is 2.70. The van der Waals surface area contributed by atoms with Crippen LogP contribution in [0.3, 0.4) is 0 Å². The summed E-state index contributed by atoms with van der Waals surface area (Å²) in [6.07, 6.45) is 0. The predicted octanol–water partition coefficient (Wildman–Crippen LogP) is 3.28. The van der Waals surface area contributed by atoms with Gasteiger partial charge in [0.1, 0.15) is 0 Å². The van der Waals surface area contributed by atoms with Crippen LogP contribution in [-0.2, 0) is 0 Å². The van der Waals surface area contributed by atoms with Gasteiger partial charge >= 0.3 is 0 Å². The van der Waals surface area contributed by atoms with Crippen LogP contribution in [0.25, 0.3) is 44.5 Å². The third-order valence-corrected chi connectivity index (χ3v) is 4.33. The van der Waals surface area contributed by atoms with E-state index >= 15 is 0 Å². The van der Waals surface area contributed by atoms with E-state index in [1.807, 2.05) is 30.3 Å². The van der Waals surface area contributed by atoms with Crippen molar-refractivity contribution in [3.63, 3.8) is 0 Å². The van der Waals surface area contributed by atoms with Gasteiger partial charge in [-0.1, -0.05) is 42.5 Å². The van der Waals surface area contributed by atoms with Crippen molar-refractivity contribution in [2.45, 2.75) is 0 Å². The number of imidazole rings is 1. The van der Waals surface area contributed by atoms with Crippen molar-refractivity contribution in [2.24, 2.45) is 0 Å². The number of nitrogens with zero attached hydrogens (tertiary/aromatic N) is 4. The van der Waals surface area contributed by atoms with Crippen molar-refractivity contribution < 1.29 is 9.94 Å². The summed E-state index contributed by atoms with van der Waals surface area (Å²) in [4.78, 5) is 9.07. The monoisotopic (exact) mass is 328 g/mol. The van der Waals surface area contributed by atoms with Gasteiger partial charge in [-0.2, -0.15) is 9.46 Å². The molecule has 0 fully saturated rings. The first-order valence-electron chi connectivity index (χ1n) is 7.81. The number of rotatable bonds is 1. The summed E-state index contributed by atoms with van der Waals surface area (Å²) in [6, 6.07) is 19.9. The molecule has 2 aromatic heterocycles. The first kappa shape index (κ1) is 13.7. The second kappa shape index (κ2) is 4.91. The van der Waals surface area contributed by atoms with Crippen molar-refractivity contribution in [3.8, 4) is 11.4 Å². The summed E-state index contributed by atoms with van der Waals surface area (Å²) in [5.41, 5.74) is 3.70. The van der Waals surface area contributed by atoms with Gasteiger partial charge in [0.25, 0.3) is 0 Å². The lowest BCUT2D eigenvalue weighted by Crippen LogP contribution is -2.30. The quantitative estimate of drug-likeness (QED) is 0.222. The summed E-state index contributed by atoms with van der Waals surface area (Å²) < 4.78 is 1.84. The zero-order valence-electron chi connectivity index (χ0n) is 13.0. The molecular weight excluding hydrogens is 316 g/mol. The van der Waals surface area contributed by atoms with E-state index in [0.29, 0.717) is 38.9 Å². The first-order valence-corrected chi connectivity index (χ1v) is 7.81. The highest BCUT2D eigenvalue weighted by Gasteiger charge is 2.18. The molecule has 0 aliphatic carbocycles. The molecule has 5 rings (SSSR count). The number of hydrogen-bond acceptors (Lipinski definition) is 4. The van der Waals surface area contributed by atoms with Gasteiger partial charge in [-0.3, -0.25) is 0 Å². The van der Waals surface area contributed by atoms with Gasteiger partial charge < -0.3 is 10.4 Å². The smallest absolute Gasteiger partial charge is 0.246 e. The Morgan fingerprint density at radius 3 is 2.28 bits per heavy atom. The standard InChI is InChI=1S/C19H12N4O2/c24-22-15-8-4-5-9-16(15)23(25)18-11-14-13(10-17(18)22)20-19(21-14)12-6-2-1-3-7-12/h1-11,24H. The van der Waals surface area contributed by atoms with Crippen LogP contribution in [0.1, 0.15) is 0 Å². The summed E-state index contributed by atoms with van der Waals surface area (Å²) in [7, 11) is 0. The highest BCUT2D eigenvalue weighted by molar-refractivity contribution is 5.93. The Labute approximate surface area is 141 Å². The molecule has 0 aliphatic rings. The van der Waals surface area contributed by atoms with Crippen LogP contribution in [0.2, 0.25) is 0 Å². The second-order valence-electron chi connectivity index (χ2n) is 5.84. The summed E-state index contributed by atoms with van der Waals surface area (Å²) in [6.45, 7) is 0. The Morgan fingerprint density at radius 1 is 0.800 bits per heavy atom. The summed E-state index contributed by atoms with van der Waals surface area (Å²) >= 11 is 0. The maximum absolute atomic E-state index is 12.7. The third-order valence-electron chi connectivity index (χ3n) is 4.33. The maximum Gasteiger partial charge on any atom is 0.246 e. The van der Waals surface area contributed by atoms with Crippen LogP contribution in [0.15, 0.2) is 66.7 Å². The van der Waals surface area contributed by atoms with Crippen molar-refractivity contribution >= 4 is 33.1 Å². The molecule has 0 amide bonds. The van der Waals surface area contributed by atoms with E-state index in [1.165, 1.54) is 0 Å². The first-order chi connectivity index (χ1) is 12.2. The van der Waals surface area contributed by atoms with Gasteiger partial charge in [0.15, 0.2) is 16.9 Å². The predicted molar refractivity (Wildman–Crippen MR) is 94.1 cm³/mol. The van der Waals surface area contributed by atoms with Gasteiger partial charge in [-0.15, -0.1) is 0 Å². The minimum Gasteiger partial charge on any atom is -0.618 e. The summed E-state index contributed by atoms with van der Waals surface area (Å²) in [5, 5.41) is 23.2. The topological polar surface area (TPSA) is 77.9 Å². The van der Waals surface area contributed by atoms with E-state index in [9.17, 15) is 10.4 Å². The molecule has 6 heteroatoms. The van der Waals surface area contributed by atoms with Gasteiger partial charge in [0, 0.05) is 23.8 Å². The third kappa shape index (κ3) is 1.94. The molecule has 0 saturated carbocycles. The minimum atomic E-state index is 0.341. The Balaban J connectivity index is 1.87. The zero-order valence-corrected chi connectivity index (χ0v) is 13.0. The van der Waals surface area contributed by atoms with Crippen LogP contribution in [0.5, 0.6) is 0 Å². The van der Waals surface area contributed by atoms with E-state index in [2.05, 4.69) is 9.97 Å². The van der Waals surface area contributed by atoms with E-state index in [0.717, 1.165) is 15.0 Å². The average Bonchev–Trinajstić information content (AvgIpc) is 3.09. The molecule has 6 nitrogen and oxygen atoms in total. The largest absolute Gasteiger partial charge is 0.618 e. The summed E-state index contributed by atoms with van der Waals surface area (Å²) in [5.74, 6) is 0.595. The van der Waals surface area contributed by atoms with E-state index in [1.54, 1.807) is 36.4 Å². The molecular formula is C19H12N4O2. The lowest BCUT2D eigenvalue weighted by atomic mass is 10.2. The van der Waals surface area contributed by atoms with Crippen molar-refractivity contribution in [3.05, 3.63) is 71.9 Å². The van der Waals surface area contributed by atoms with Crippen molar-refractivity contribution in [1.29, 1.82) is 0 Å². The van der Waals surface area contributed by atoms with Crippen LogP contribution >= 0.6 is 0 Å². The molecule has 25 heavy (non-hydrogen) atoms. The zero-order chi connectivity index (χ0) is 17.0. The SMILES string of the molecule is [O-][n+]1c2ccccc2n(O)c2cc3nc(-c4ccccc4)nc3cc21. The number of benzene rings is 3. The van der Waals surface area contributed by atoms with Gasteiger partial charge in [-0.05, 0) is 6.07 Å². The van der Waals surface area contributed by atoms with Crippen LogP contribution in [0, 0.1) is 5.21 Å². The molecule has 0 saturated heterocycles. The van der Waals surface area contributed by atoms with Crippen LogP contribution in [-0.4, -0.2) is 19.9 Å². The van der Waals surface area contributed by atoms with Gasteiger partial charge in [0.2, 0.25) is 11.0 Å². The molecule has 5 aromatic rings. The maximum atomic E-state index is 12.7. The molecule has 2 heterocycles. The minimum absolute atomic E-state index is 0.341. The number of hydrogen-bond donors (Lipinski definition) is 1. The molecule has 0 atom stereocenters. The van der Waals surface area contributed by atoms with Crippen molar-refractivity contribution in [2.75, 3.05) is 0 Å². The number of fused-ring (bicyclic) bond motifs is 3. The van der Waals surface area contributed by atoms with Gasteiger partial charge in [0.05, 0.1) is 11.0 Å². The Hall–Kier alpha value is -3.67. The van der Waals surface area contributed by atoms with Crippen LogP contribution < -0.4 is 4.73 Å². The Morgan fingerprint density at radius 2 is 1.48 bits per heavy atom. The molecule has 120 valence electrons. The highest BCUT2D eigenvalue weighted by atomic mass is 16.5. The van der Waals surface area contributed by atoms with Crippen LogP contribution in [0.4, 0.5) is 0 Å². The molecule has 0 spiro atoms. The lowest BCUT2D eigenvalue weighted by Gasteiger charge is -2.09. The Bertz CT molecular complexity index is 1180. The molecule has 3 aromatic carbocycles. The van der Waals surface area contributed by atoms with E-state index < -0.39 is 0 Å². The fourth-order valence-electron chi connectivity index (χ4n) is 3.11. The molecule has 1 N–H and O–H groups in total. The van der Waals surface area contributed by atoms with Crippen molar-refractivity contribution in [1.82, 2.24) is 14.7 Å². The molecule has 0 radical (unpaired) electrons. The number of aromatic nitrogens is 4. The van der Waals surface area contributed by atoms with E-state index in [-0.39, 0.29) is 0 Å². The molecule has 0 aliphatic heterocycles. The normalized spacial score (nSPS) is 11.5. The lowest BCUT2D eigenvalue weighted by molar-refractivity contribution is -0.548. The fraction of sp³-hybridized carbons (Fsp3) is 0. The molecule has 0 unspecified atom stereocenters. The van der Waals surface area contributed by atoms with Gasteiger partial charge in [-0.25, -0.2) is 9.97 Å².